The third-order valence-corrected chi connectivity index (χ3v) is 1.98. The van der Waals surface area contributed by atoms with Gasteiger partial charge in [0.05, 0.1) is 0 Å². The summed E-state index contributed by atoms with van der Waals surface area (Å²) in [6.45, 7) is 3.26. The molecule has 0 bridgehead atoms. The lowest BCUT2D eigenvalue weighted by Gasteiger charge is -2.11. The molecule has 2 N–H and O–H groups in total. The highest BCUT2D eigenvalue weighted by molar-refractivity contribution is 5.91. The summed E-state index contributed by atoms with van der Waals surface area (Å²) in [5, 5.41) is 11.4. The Bertz CT molecular complexity index is 459. The van der Waals surface area contributed by atoms with Gasteiger partial charge in [0.2, 0.25) is 0 Å². The quantitative estimate of drug-likeness (QED) is 0.834. The molecule has 0 saturated carbocycles. The number of rotatable bonds is 5. The molecule has 0 aromatic heterocycles. The van der Waals surface area contributed by atoms with Crippen LogP contribution < -0.4 is 10.1 Å². The second-order valence-corrected chi connectivity index (χ2v) is 3.96. The fourth-order valence-corrected chi connectivity index (χ4v) is 1.30. The van der Waals surface area contributed by atoms with Crippen LogP contribution in [0.5, 0.6) is 5.75 Å². The number of ether oxygens (including phenoxy) is 1. The summed E-state index contributed by atoms with van der Waals surface area (Å²) in [7, 11) is 0. The van der Waals surface area contributed by atoms with E-state index < -0.39 is 11.8 Å². The van der Waals surface area contributed by atoms with Crippen LogP contribution >= 0.6 is 0 Å². The van der Waals surface area contributed by atoms with E-state index >= 15 is 0 Å². The van der Waals surface area contributed by atoms with Gasteiger partial charge in [-0.05, 0) is 32.0 Å². The van der Waals surface area contributed by atoms with Gasteiger partial charge < -0.3 is 15.2 Å². The highest BCUT2D eigenvalue weighted by Crippen LogP contribution is 2.19. The van der Waals surface area contributed by atoms with Crippen molar-refractivity contribution in [1.29, 1.82) is 0 Å². The molecule has 1 rings (SSSR count). The minimum absolute atomic E-state index is 0.0340. The third-order valence-electron chi connectivity index (χ3n) is 1.98. The molecule has 0 aliphatic heterocycles. The molecule has 98 valence electrons. The van der Waals surface area contributed by atoms with Crippen molar-refractivity contribution in [1.82, 2.24) is 5.32 Å². The number of aromatic carboxylic acids is 1. The first-order valence-electron chi connectivity index (χ1n) is 5.35. The van der Waals surface area contributed by atoms with Gasteiger partial charge >= 0.3 is 5.97 Å². The minimum atomic E-state index is -1.31. The lowest BCUT2D eigenvalue weighted by molar-refractivity contribution is -0.123. The summed E-state index contributed by atoms with van der Waals surface area (Å²) in [5.41, 5.74) is -0.313. The van der Waals surface area contributed by atoms with Crippen LogP contribution in [0.1, 0.15) is 24.2 Å². The zero-order chi connectivity index (χ0) is 13.7. The van der Waals surface area contributed by atoms with Crippen molar-refractivity contribution in [3.8, 4) is 5.75 Å². The van der Waals surface area contributed by atoms with Crippen molar-refractivity contribution < 1.29 is 23.8 Å². The van der Waals surface area contributed by atoms with Crippen molar-refractivity contribution in [2.24, 2.45) is 0 Å². The van der Waals surface area contributed by atoms with E-state index in [1.54, 1.807) is 13.8 Å². The molecular formula is C12H14FNO4. The summed E-state index contributed by atoms with van der Waals surface area (Å²) in [6, 6.07) is 3.06. The fourth-order valence-electron chi connectivity index (χ4n) is 1.30. The van der Waals surface area contributed by atoms with Crippen LogP contribution in [0, 0.1) is 5.82 Å². The molecule has 0 aliphatic rings. The van der Waals surface area contributed by atoms with Crippen LogP contribution in [-0.2, 0) is 4.79 Å². The lowest BCUT2D eigenvalue weighted by atomic mass is 10.2. The maximum Gasteiger partial charge on any atom is 0.339 e. The van der Waals surface area contributed by atoms with Crippen LogP contribution in [0.4, 0.5) is 4.39 Å². The van der Waals surface area contributed by atoms with Crippen molar-refractivity contribution in [2.45, 2.75) is 19.9 Å². The Morgan fingerprint density at radius 1 is 1.44 bits per heavy atom. The Hall–Kier alpha value is -2.11. The molecule has 1 aromatic rings. The van der Waals surface area contributed by atoms with Crippen LogP contribution in [-0.4, -0.2) is 29.6 Å². The Balaban J connectivity index is 2.73. The van der Waals surface area contributed by atoms with E-state index in [9.17, 15) is 14.0 Å². The van der Waals surface area contributed by atoms with E-state index in [-0.39, 0.29) is 29.9 Å². The summed E-state index contributed by atoms with van der Waals surface area (Å²) in [5.74, 6) is -2.39. The first kappa shape index (κ1) is 14.0. The van der Waals surface area contributed by atoms with Gasteiger partial charge in [-0.2, -0.15) is 0 Å². The summed E-state index contributed by atoms with van der Waals surface area (Å²) < 4.78 is 17.9. The van der Waals surface area contributed by atoms with E-state index in [4.69, 9.17) is 9.84 Å². The number of hydrogen-bond donors (Lipinski definition) is 2. The number of carbonyl (C=O) groups excluding carboxylic acids is 1. The lowest BCUT2D eigenvalue weighted by Crippen LogP contribution is -2.34. The smallest absolute Gasteiger partial charge is 0.339 e. The van der Waals surface area contributed by atoms with Gasteiger partial charge in [0.25, 0.3) is 5.91 Å². The number of halogens is 1. The summed E-state index contributed by atoms with van der Waals surface area (Å²) in [4.78, 5) is 22.2. The molecule has 1 amide bonds. The summed E-state index contributed by atoms with van der Waals surface area (Å²) in [6.07, 6.45) is 0. The first-order chi connectivity index (χ1) is 8.40. The Morgan fingerprint density at radius 3 is 2.67 bits per heavy atom. The van der Waals surface area contributed by atoms with E-state index in [0.717, 1.165) is 12.1 Å². The SMILES string of the molecule is CC(C)NC(=O)COc1ccc(F)cc1C(=O)O. The number of hydrogen-bond acceptors (Lipinski definition) is 3. The van der Waals surface area contributed by atoms with Gasteiger partial charge in [-0.1, -0.05) is 0 Å². The second kappa shape index (κ2) is 6.00. The standard InChI is InChI=1S/C12H14FNO4/c1-7(2)14-11(15)6-18-10-4-3-8(13)5-9(10)12(16)17/h3-5,7H,6H2,1-2H3,(H,14,15)(H,16,17). The number of carboxylic acid groups (broad SMARTS) is 1. The number of carbonyl (C=O) groups is 2. The van der Waals surface area contributed by atoms with Gasteiger partial charge in [-0.3, -0.25) is 4.79 Å². The van der Waals surface area contributed by atoms with E-state index in [1.165, 1.54) is 6.07 Å². The zero-order valence-corrected chi connectivity index (χ0v) is 10.1. The Kier molecular flexibility index (Phi) is 4.65. The molecule has 0 atom stereocenters. The van der Waals surface area contributed by atoms with E-state index in [2.05, 4.69) is 5.32 Å². The van der Waals surface area contributed by atoms with E-state index in [0.29, 0.717) is 0 Å². The average Bonchev–Trinajstić information content (AvgIpc) is 2.26. The summed E-state index contributed by atoms with van der Waals surface area (Å²) >= 11 is 0. The fraction of sp³-hybridized carbons (Fsp3) is 0.333. The molecule has 0 unspecified atom stereocenters. The molecule has 0 saturated heterocycles. The molecule has 5 nitrogen and oxygen atoms in total. The van der Waals surface area contributed by atoms with Gasteiger partial charge in [0, 0.05) is 6.04 Å². The van der Waals surface area contributed by atoms with Gasteiger partial charge in [-0.15, -0.1) is 0 Å². The topological polar surface area (TPSA) is 75.6 Å². The van der Waals surface area contributed by atoms with Crippen LogP contribution in [0.2, 0.25) is 0 Å². The molecule has 0 spiro atoms. The van der Waals surface area contributed by atoms with Crippen molar-refractivity contribution in [3.63, 3.8) is 0 Å². The van der Waals surface area contributed by atoms with Crippen LogP contribution in [0.15, 0.2) is 18.2 Å². The van der Waals surface area contributed by atoms with Gasteiger partial charge in [-0.25, -0.2) is 9.18 Å². The molecule has 1 aromatic carbocycles. The minimum Gasteiger partial charge on any atom is -0.483 e. The van der Waals surface area contributed by atoms with Crippen molar-refractivity contribution >= 4 is 11.9 Å². The van der Waals surface area contributed by atoms with E-state index in [1.807, 2.05) is 0 Å². The molecule has 6 heteroatoms. The second-order valence-electron chi connectivity index (χ2n) is 3.96. The third kappa shape index (κ3) is 4.04. The molecule has 18 heavy (non-hydrogen) atoms. The number of amides is 1. The highest BCUT2D eigenvalue weighted by Gasteiger charge is 2.14. The van der Waals surface area contributed by atoms with Gasteiger partial charge in [0.1, 0.15) is 17.1 Å². The number of carboxylic acids is 1. The normalized spacial score (nSPS) is 10.2. The monoisotopic (exact) mass is 255 g/mol. The Labute approximate surface area is 104 Å². The van der Waals surface area contributed by atoms with Crippen LogP contribution in [0.3, 0.4) is 0 Å². The first-order valence-corrected chi connectivity index (χ1v) is 5.35. The maximum absolute atomic E-state index is 12.9. The predicted molar refractivity (Wildman–Crippen MR) is 62.1 cm³/mol. The molecular weight excluding hydrogens is 241 g/mol. The Morgan fingerprint density at radius 2 is 2.11 bits per heavy atom. The molecule has 0 aliphatic carbocycles. The average molecular weight is 255 g/mol. The molecule has 0 heterocycles. The molecule has 0 fully saturated rings. The largest absolute Gasteiger partial charge is 0.483 e. The predicted octanol–water partition coefficient (Wildman–Crippen LogP) is 1.43. The van der Waals surface area contributed by atoms with Crippen molar-refractivity contribution in [3.05, 3.63) is 29.6 Å². The zero-order valence-electron chi connectivity index (χ0n) is 10.1. The highest BCUT2D eigenvalue weighted by atomic mass is 19.1. The maximum atomic E-state index is 12.9. The molecule has 0 radical (unpaired) electrons. The van der Waals surface area contributed by atoms with Crippen molar-refractivity contribution in [2.75, 3.05) is 6.61 Å². The van der Waals surface area contributed by atoms with Crippen LogP contribution in [0.25, 0.3) is 0 Å². The van der Waals surface area contributed by atoms with Gasteiger partial charge in [0.15, 0.2) is 6.61 Å². The number of nitrogens with one attached hydrogen (secondary N) is 1. The number of benzene rings is 1.